The highest BCUT2D eigenvalue weighted by molar-refractivity contribution is 7.15. The van der Waals surface area contributed by atoms with Gasteiger partial charge in [-0.05, 0) is 18.2 Å². The van der Waals surface area contributed by atoms with Crippen LogP contribution in [0.2, 0.25) is 0 Å². The van der Waals surface area contributed by atoms with Crippen LogP contribution in [0.4, 0.5) is 0 Å². The molecule has 4 nitrogen and oxygen atoms in total. The SMILES string of the molecule is N#Cc1ccc(-c2ccc(=O)[nH]n2)s1. The highest BCUT2D eigenvalue weighted by atomic mass is 32.1. The quantitative estimate of drug-likeness (QED) is 0.761. The van der Waals surface area contributed by atoms with E-state index in [-0.39, 0.29) is 5.56 Å². The lowest BCUT2D eigenvalue weighted by Gasteiger charge is -1.92. The number of thiophene rings is 1. The highest BCUT2D eigenvalue weighted by Gasteiger charge is 2.03. The molecule has 0 atom stereocenters. The Bertz CT molecular complexity index is 529. The molecule has 0 saturated heterocycles. The summed E-state index contributed by atoms with van der Waals surface area (Å²) in [6.07, 6.45) is 0. The standard InChI is InChI=1S/C9H5N3OS/c10-5-6-1-3-8(14-6)7-2-4-9(13)12-11-7/h1-4H,(H,12,13). The van der Waals surface area contributed by atoms with Crippen molar-refractivity contribution in [3.05, 3.63) is 39.5 Å². The number of hydrogen-bond donors (Lipinski definition) is 1. The molecule has 2 rings (SSSR count). The summed E-state index contributed by atoms with van der Waals surface area (Å²) >= 11 is 1.35. The highest BCUT2D eigenvalue weighted by Crippen LogP contribution is 2.24. The predicted molar refractivity (Wildman–Crippen MR) is 52.9 cm³/mol. The van der Waals surface area contributed by atoms with E-state index in [0.29, 0.717) is 10.6 Å². The predicted octanol–water partition coefficient (Wildman–Crippen LogP) is 1.37. The van der Waals surface area contributed by atoms with Crippen molar-refractivity contribution in [2.45, 2.75) is 0 Å². The van der Waals surface area contributed by atoms with E-state index in [1.54, 1.807) is 12.1 Å². The van der Waals surface area contributed by atoms with Gasteiger partial charge in [0, 0.05) is 6.07 Å². The zero-order valence-electron chi connectivity index (χ0n) is 7.02. The van der Waals surface area contributed by atoms with Crippen LogP contribution in [0.15, 0.2) is 29.1 Å². The first-order valence-electron chi connectivity index (χ1n) is 3.85. The topological polar surface area (TPSA) is 69.5 Å². The minimum Gasteiger partial charge on any atom is -0.268 e. The average Bonchev–Trinajstić information content (AvgIpc) is 2.67. The Balaban J connectivity index is 2.45. The minimum atomic E-state index is -0.231. The second-order valence-corrected chi connectivity index (χ2v) is 3.67. The van der Waals surface area contributed by atoms with Crippen molar-refractivity contribution in [3.8, 4) is 16.6 Å². The molecule has 0 spiro atoms. The molecule has 2 aromatic rings. The molecule has 0 aliphatic heterocycles. The Kier molecular flexibility index (Phi) is 2.13. The first kappa shape index (κ1) is 8.66. The lowest BCUT2D eigenvalue weighted by Crippen LogP contribution is -2.04. The van der Waals surface area contributed by atoms with Crippen molar-refractivity contribution in [1.82, 2.24) is 10.2 Å². The zero-order chi connectivity index (χ0) is 9.97. The second kappa shape index (κ2) is 3.44. The van der Waals surface area contributed by atoms with Crippen LogP contribution in [0.1, 0.15) is 4.88 Å². The molecular formula is C9H5N3OS. The Hall–Kier alpha value is -1.93. The molecule has 0 radical (unpaired) electrons. The molecule has 2 aromatic heterocycles. The van der Waals surface area contributed by atoms with Crippen molar-refractivity contribution in [3.63, 3.8) is 0 Å². The number of hydrogen-bond acceptors (Lipinski definition) is 4. The maximum atomic E-state index is 10.7. The van der Waals surface area contributed by atoms with Crippen molar-refractivity contribution < 1.29 is 0 Å². The van der Waals surface area contributed by atoms with E-state index in [9.17, 15) is 4.79 Å². The van der Waals surface area contributed by atoms with Gasteiger partial charge in [0.2, 0.25) is 0 Å². The van der Waals surface area contributed by atoms with E-state index >= 15 is 0 Å². The smallest absolute Gasteiger partial charge is 0.264 e. The summed E-state index contributed by atoms with van der Waals surface area (Å²) in [6, 6.07) is 8.63. The van der Waals surface area contributed by atoms with Crippen molar-refractivity contribution in [1.29, 1.82) is 5.26 Å². The van der Waals surface area contributed by atoms with E-state index in [2.05, 4.69) is 10.2 Å². The molecule has 0 unspecified atom stereocenters. The number of rotatable bonds is 1. The van der Waals surface area contributed by atoms with Gasteiger partial charge in [-0.25, -0.2) is 5.10 Å². The van der Waals surface area contributed by atoms with E-state index in [1.165, 1.54) is 17.4 Å². The van der Waals surface area contributed by atoms with E-state index in [4.69, 9.17) is 5.26 Å². The summed E-state index contributed by atoms with van der Waals surface area (Å²) in [5.74, 6) is 0. The summed E-state index contributed by atoms with van der Waals surface area (Å²) in [6.45, 7) is 0. The van der Waals surface area contributed by atoms with Gasteiger partial charge < -0.3 is 0 Å². The summed E-state index contributed by atoms with van der Waals surface area (Å²) in [4.78, 5) is 12.3. The lowest BCUT2D eigenvalue weighted by molar-refractivity contribution is 0.998. The number of aromatic amines is 1. The third kappa shape index (κ3) is 1.56. The molecule has 0 bridgehead atoms. The third-order valence-corrected chi connectivity index (χ3v) is 2.66. The molecule has 0 fully saturated rings. The van der Waals surface area contributed by atoms with Crippen molar-refractivity contribution >= 4 is 11.3 Å². The van der Waals surface area contributed by atoms with Gasteiger partial charge in [-0.2, -0.15) is 10.4 Å². The number of nitriles is 1. The Labute approximate surface area is 83.5 Å². The van der Waals surface area contributed by atoms with Gasteiger partial charge in [0.25, 0.3) is 5.56 Å². The molecule has 0 aromatic carbocycles. The summed E-state index contributed by atoms with van der Waals surface area (Å²) in [5, 5.41) is 14.8. The van der Waals surface area contributed by atoms with Gasteiger partial charge >= 0.3 is 0 Å². The first-order chi connectivity index (χ1) is 6.79. The van der Waals surface area contributed by atoms with Gasteiger partial charge in [0.15, 0.2) is 0 Å². The third-order valence-electron chi connectivity index (χ3n) is 1.65. The second-order valence-electron chi connectivity index (χ2n) is 2.58. The Morgan fingerprint density at radius 3 is 2.79 bits per heavy atom. The summed E-state index contributed by atoms with van der Waals surface area (Å²) < 4.78 is 0. The molecule has 0 amide bonds. The first-order valence-corrected chi connectivity index (χ1v) is 4.67. The molecule has 68 valence electrons. The summed E-state index contributed by atoms with van der Waals surface area (Å²) in [7, 11) is 0. The van der Waals surface area contributed by atoms with Crippen LogP contribution >= 0.6 is 11.3 Å². The number of H-pyrrole nitrogens is 1. The largest absolute Gasteiger partial charge is 0.268 e. The van der Waals surface area contributed by atoms with E-state index in [1.807, 2.05) is 12.1 Å². The van der Waals surface area contributed by atoms with Crippen LogP contribution in [0, 0.1) is 11.3 Å². The van der Waals surface area contributed by atoms with Gasteiger partial charge in [0.1, 0.15) is 16.6 Å². The van der Waals surface area contributed by atoms with Crippen LogP contribution < -0.4 is 5.56 Å². The average molecular weight is 203 g/mol. The monoisotopic (exact) mass is 203 g/mol. The molecular weight excluding hydrogens is 198 g/mol. The number of nitrogens with one attached hydrogen (secondary N) is 1. The Morgan fingerprint density at radius 1 is 1.36 bits per heavy atom. The van der Waals surface area contributed by atoms with Crippen LogP contribution in [-0.4, -0.2) is 10.2 Å². The van der Waals surface area contributed by atoms with Crippen LogP contribution in [0.3, 0.4) is 0 Å². The van der Waals surface area contributed by atoms with Crippen molar-refractivity contribution in [2.75, 3.05) is 0 Å². The summed E-state index contributed by atoms with van der Waals surface area (Å²) in [5.41, 5.74) is 0.446. The maximum absolute atomic E-state index is 10.7. The lowest BCUT2D eigenvalue weighted by atomic mass is 10.3. The van der Waals surface area contributed by atoms with Gasteiger partial charge in [-0.3, -0.25) is 4.79 Å². The minimum absolute atomic E-state index is 0.231. The zero-order valence-corrected chi connectivity index (χ0v) is 7.84. The molecule has 5 heteroatoms. The van der Waals surface area contributed by atoms with Crippen LogP contribution in [0.25, 0.3) is 10.6 Å². The maximum Gasteiger partial charge on any atom is 0.264 e. The van der Waals surface area contributed by atoms with Crippen LogP contribution in [-0.2, 0) is 0 Å². The molecule has 14 heavy (non-hydrogen) atoms. The van der Waals surface area contributed by atoms with Gasteiger partial charge in [-0.15, -0.1) is 11.3 Å². The van der Waals surface area contributed by atoms with Crippen LogP contribution in [0.5, 0.6) is 0 Å². The fourth-order valence-corrected chi connectivity index (χ4v) is 1.79. The molecule has 0 aliphatic carbocycles. The molecule has 1 N–H and O–H groups in total. The van der Waals surface area contributed by atoms with E-state index in [0.717, 1.165) is 4.88 Å². The fraction of sp³-hybridized carbons (Fsp3) is 0. The fourth-order valence-electron chi connectivity index (χ4n) is 1.02. The van der Waals surface area contributed by atoms with Crippen molar-refractivity contribution in [2.24, 2.45) is 0 Å². The van der Waals surface area contributed by atoms with Gasteiger partial charge in [0.05, 0.1) is 4.88 Å². The number of nitrogens with zero attached hydrogens (tertiary/aromatic N) is 2. The molecule has 0 aliphatic rings. The molecule has 0 saturated carbocycles. The van der Waals surface area contributed by atoms with Gasteiger partial charge in [-0.1, -0.05) is 0 Å². The number of aromatic nitrogens is 2. The Morgan fingerprint density at radius 2 is 2.21 bits per heavy atom. The van der Waals surface area contributed by atoms with E-state index < -0.39 is 0 Å². The molecule has 2 heterocycles. The normalized spacial score (nSPS) is 9.64.